The Morgan fingerprint density at radius 2 is 2.10 bits per heavy atom. The molecule has 2 rings (SSSR count). The van der Waals surface area contributed by atoms with Crippen LogP contribution in [-0.2, 0) is 14.3 Å². The lowest BCUT2D eigenvalue weighted by Gasteiger charge is -2.15. The first-order valence-corrected chi connectivity index (χ1v) is 6.47. The quantitative estimate of drug-likeness (QED) is 0.807. The standard InChI is InChI=1S/C13H15N3O3S/c1-8-12(18)16(13(20)14-8)10-5-3-9(4-6-10)15-11(17)7-19-2/h3-6,8H,7H2,1-2H3,(H,14,20)(H,15,17)/t8-/m1/s1. The van der Waals surface area contributed by atoms with Crippen molar-refractivity contribution in [3.8, 4) is 0 Å². The van der Waals surface area contributed by atoms with E-state index in [1.54, 1.807) is 31.2 Å². The number of anilines is 2. The van der Waals surface area contributed by atoms with Gasteiger partial charge in [-0.15, -0.1) is 0 Å². The molecular weight excluding hydrogens is 278 g/mol. The van der Waals surface area contributed by atoms with Crippen LogP contribution in [0.2, 0.25) is 0 Å². The number of ether oxygens (including phenoxy) is 1. The van der Waals surface area contributed by atoms with Crippen LogP contribution in [-0.4, -0.2) is 36.7 Å². The fraction of sp³-hybridized carbons (Fsp3) is 0.308. The first-order chi connectivity index (χ1) is 9.52. The molecule has 1 heterocycles. The molecule has 0 bridgehead atoms. The third kappa shape index (κ3) is 2.94. The summed E-state index contributed by atoms with van der Waals surface area (Å²) in [5, 5.41) is 5.96. The average Bonchev–Trinajstić information content (AvgIpc) is 2.65. The topological polar surface area (TPSA) is 70.7 Å². The molecular formula is C13H15N3O3S. The maximum Gasteiger partial charge on any atom is 0.255 e. The van der Waals surface area contributed by atoms with Gasteiger partial charge in [0.05, 0.1) is 5.69 Å². The lowest BCUT2D eigenvalue weighted by atomic mass is 10.2. The summed E-state index contributed by atoms with van der Waals surface area (Å²) in [5.74, 6) is -0.325. The van der Waals surface area contributed by atoms with Crippen molar-refractivity contribution in [3.63, 3.8) is 0 Å². The van der Waals surface area contributed by atoms with E-state index in [1.165, 1.54) is 12.0 Å². The Balaban J connectivity index is 2.10. The van der Waals surface area contributed by atoms with Crippen LogP contribution >= 0.6 is 12.2 Å². The van der Waals surface area contributed by atoms with Gasteiger partial charge in [0.2, 0.25) is 5.91 Å². The molecule has 7 heteroatoms. The molecule has 106 valence electrons. The van der Waals surface area contributed by atoms with E-state index in [0.717, 1.165) is 0 Å². The molecule has 1 aromatic carbocycles. The molecule has 0 saturated carbocycles. The van der Waals surface area contributed by atoms with Crippen LogP contribution < -0.4 is 15.5 Å². The van der Waals surface area contributed by atoms with Gasteiger partial charge in [-0.1, -0.05) is 0 Å². The van der Waals surface area contributed by atoms with Gasteiger partial charge in [0.25, 0.3) is 5.91 Å². The van der Waals surface area contributed by atoms with Crippen molar-refractivity contribution in [2.45, 2.75) is 13.0 Å². The monoisotopic (exact) mass is 293 g/mol. The molecule has 0 aliphatic carbocycles. The molecule has 20 heavy (non-hydrogen) atoms. The highest BCUT2D eigenvalue weighted by Crippen LogP contribution is 2.21. The average molecular weight is 293 g/mol. The minimum absolute atomic E-state index is 0.00210. The summed E-state index contributed by atoms with van der Waals surface area (Å²) >= 11 is 5.12. The number of hydrogen-bond donors (Lipinski definition) is 2. The van der Waals surface area contributed by atoms with Crippen molar-refractivity contribution >= 4 is 40.5 Å². The highest BCUT2D eigenvalue weighted by molar-refractivity contribution is 7.80. The van der Waals surface area contributed by atoms with E-state index in [4.69, 9.17) is 17.0 Å². The van der Waals surface area contributed by atoms with Crippen LogP contribution in [0.3, 0.4) is 0 Å². The Morgan fingerprint density at radius 3 is 2.60 bits per heavy atom. The number of thiocarbonyl (C=S) groups is 1. The van der Waals surface area contributed by atoms with Crippen molar-refractivity contribution in [2.24, 2.45) is 0 Å². The molecule has 1 aromatic rings. The van der Waals surface area contributed by atoms with Crippen LogP contribution in [0.5, 0.6) is 0 Å². The summed E-state index contributed by atoms with van der Waals surface area (Å²) in [6.45, 7) is 1.76. The summed E-state index contributed by atoms with van der Waals surface area (Å²) in [4.78, 5) is 24.8. The second kappa shape index (κ2) is 5.98. The van der Waals surface area contributed by atoms with Crippen molar-refractivity contribution in [3.05, 3.63) is 24.3 Å². The van der Waals surface area contributed by atoms with Crippen molar-refractivity contribution < 1.29 is 14.3 Å². The molecule has 0 radical (unpaired) electrons. The number of nitrogens with zero attached hydrogens (tertiary/aromatic N) is 1. The number of rotatable bonds is 4. The minimum Gasteiger partial charge on any atom is -0.375 e. The summed E-state index contributed by atoms with van der Waals surface area (Å²) in [6.07, 6.45) is 0. The number of carbonyl (C=O) groups excluding carboxylic acids is 2. The van der Waals surface area contributed by atoms with Gasteiger partial charge in [-0.3, -0.25) is 14.5 Å². The van der Waals surface area contributed by atoms with Crippen molar-refractivity contribution in [2.75, 3.05) is 23.9 Å². The van der Waals surface area contributed by atoms with Gasteiger partial charge in [0.15, 0.2) is 5.11 Å². The molecule has 1 fully saturated rings. The Kier molecular flexibility index (Phi) is 4.31. The smallest absolute Gasteiger partial charge is 0.255 e. The maximum absolute atomic E-state index is 12.0. The van der Waals surface area contributed by atoms with E-state index < -0.39 is 0 Å². The summed E-state index contributed by atoms with van der Waals surface area (Å²) in [5.41, 5.74) is 1.30. The Hall–Kier alpha value is -1.99. The van der Waals surface area contributed by atoms with E-state index >= 15 is 0 Å². The molecule has 1 aliphatic heterocycles. The lowest BCUT2D eigenvalue weighted by molar-refractivity contribution is -0.119. The normalized spacial score (nSPS) is 18.1. The Morgan fingerprint density at radius 1 is 1.45 bits per heavy atom. The van der Waals surface area contributed by atoms with E-state index in [0.29, 0.717) is 16.5 Å². The summed E-state index contributed by atoms with van der Waals surface area (Å²) in [7, 11) is 1.46. The van der Waals surface area contributed by atoms with Crippen LogP contribution in [0, 0.1) is 0 Å². The lowest BCUT2D eigenvalue weighted by Crippen LogP contribution is -2.30. The number of hydrogen-bond acceptors (Lipinski definition) is 4. The van der Waals surface area contributed by atoms with Gasteiger partial charge < -0.3 is 15.4 Å². The predicted molar refractivity (Wildman–Crippen MR) is 79.6 cm³/mol. The molecule has 6 nitrogen and oxygen atoms in total. The zero-order valence-electron chi connectivity index (χ0n) is 11.2. The zero-order chi connectivity index (χ0) is 14.7. The number of carbonyl (C=O) groups is 2. The van der Waals surface area contributed by atoms with E-state index in [9.17, 15) is 9.59 Å². The number of methoxy groups -OCH3 is 1. The van der Waals surface area contributed by atoms with E-state index in [1.807, 2.05) is 0 Å². The second-order valence-electron chi connectivity index (χ2n) is 4.37. The summed E-state index contributed by atoms with van der Waals surface area (Å²) < 4.78 is 4.73. The Labute approximate surface area is 122 Å². The van der Waals surface area contributed by atoms with Crippen molar-refractivity contribution in [1.82, 2.24) is 5.32 Å². The molecule has 1 saturated heterocycles. The molecule has 1 atom stereocenters. The fourth-order valence-electron chi connectivity index (χ4n) is 1.87. The first kappa shape index (κ1) is 14.4. The predicted octanol–water partition coefficient (Wildman–Crippen LogP) is 0.881. The second-order valence-corrected chi connectivity index (χ2v) is 4.76. The third-order valence-electron chi connectivity index (χ3n) is 2.82. The summed E-state index contributed by atoms with van der Waals surface area (Å²) in [6, 6.07) is 6.56. The molecule has 0 unspecified atom stereocenters. The Bertz CT molecular complexity index is 544. The fourth-order valence-corrected chi connectivity index (χ4v) is 2.24. The first-order valence-electron chi connectivity index (χ1n) is 6.06. The molecule has 0 aromatic heterocycles. The number of amides is 2. The third-order valence-corrected chi connectivity index (χ3v) is 3.12. The molecule has 2 N–H and O–H groups in total. The van der Waals surface area contributed by atoms with Gasteiger partial charge in [-0.05, 0) is 43.4 Å². The zero-order valence-corrected chi connectivity index (χ0v) is 12.0. The molecule has 0 spiro atoms. The van der Waals surface area contributed by atoms with Crippen LogP contribution in [0.4, 0.5) is 11.4 Å². The minimum atomic E-state index is -0.316. The maximum atomic E-state index is 12.0. The van der Waals surface area contributed by atoms with Gasteiger partial charge in [0, 0.05) is 12.8 Å². The van der Waals surface area contributed by atoms with E-state index in [-0.39, 0.29) is 24.5 Å². The van der Waals surface area contributed by atoms with Crippen LogP contribution in [0.25, 0.3) is 0 Å². The van der Waals surface area contributed by atoms with Crippen molar-refractivity contribution in [1.29, 1.82) is 0 Å². The van der Waals surface area contributed by atoms with Gasteiger partial charge >= 0.3 is 0 Å². The molecule has 1 aliphatic rings. The number of nitrogens with one attached hydrogen (secondary N) is 2. The number of benzene rings is 1. The largest absolute Gasteiger partial charge is 0.375 e. The van der Waals surface area contributed by atoms with E-state index in [2.05, 4.69) is 10.6 Å². The highest BCUT2D eigenvalue weighted by atomic mass is 32.1. The molecule has 2 amide bonds. The van der Waals surface area contributed by atoms with Crippen LogP contribution in [0.1, 0.15) is 6.92 Å². The SMILES string of the molecule is COCC(=O)Nc1ccc(N2C(=O)[C@@H](C)NC2=S)cc1. The van der Waals surface area contributed by atoms with Crippen LogP contribution in [0.15, 0.2) is 24.3 Å². The van der Waals surface area contributed by atoms with Gasteiger partial charge in [-0.2, -0.15) is 0 Å². The highest BCUT2D eigenvalue weighted by Gasteiger charge is 2.33. The van der Waals surface area contributed by atoms with Gasteiger partial charge in [0.1, 0.15) is 12.6 Å². The van der Waals surface area contributed by atoms with Gasteiger partial charge in [-0.25, -0.2) is 0 Å².